The molecule has 0 fully saturated rings. The fraction of sp³-hybridized carbons (Fsp3) is 0.294. The molecular weight excluding hydrogens is 276 g/mol. The van der Waals surface area contributed by atoms with Gasteiger partial charge in [0, 0.05) is 25.8 Å². The van der Waals surface area contributed by atoms with Crippen LogP contribution in [0.3, 0.4) is 0 Å². The lowest BCUT2D eigenvalue weighted by Gasteiger charge is -2.06. The van der Waals surface area contributed by atoms with E-state index in [2.05, 4.69) is 15.7 Å². The molecule has 0 radical (unpaired) electrons. The highest BCUT2D eigenvalue weighted by atomic mass is 16.2. The molecular formula is C17H22N4O. The molecule has 5 heteroatoms. The number of aryl methyl sites for hydroxylation is 2. The van der Waals surface area contributed by atoms with Crippen molar-refractivity contribution in [1.82, 2.24) is 20.4 Å². The number of aromatic nitrogens is 2. The van der Waals surface area contributed by atoms with Gasteiger partial charge in [0.2, 0.25) is 0 Å². The minimum Gasteiger partial charge on any atom is -0.338 e. The molecule has 0 aliphatic heterocycles. The molecule has 0 saturated carbocycles. The van der Waals surface area contributed by atoms with Gasteiger partial charge in [0.25, 0.3) is 0 Å². The second-order valence-corrected chi connectivity index (χ2v) is 5.08. The molecule has 22 heavy (non-hydrogen) atoms. The number of hydrogen-bond donors (Lipinski definition) is 2. The van der Waals surface area contributed by atoms with E-state index in [1.807, 2.05) is 66.5 Å². The van der Waals surface area contributed by atoms with Gasteiger partial charge >= 0.3 is 6.03 Å². The van der Waals surface area contributed by atoms with Gasteiger partial charge in [-0.3, -0.25) is 4.68 Å². The topological polar surface area (TPSA) is 59.0 Å². The van der Waals surface area contributed by atoms with E-state index in [9.17, 15) is 4.79 Å². The van der Waals surface area contributed by atoms with Crippen molar-refractivity contribution in [2.45, 2.75) is 19.9 Å². The van der Waals surface area contributed by atoms with E-state index in [4.69, 9.17) is 0 Å². The van der Waals surface area contributed by atoms with Crippen LogP contribution >= 0.6 is 0 Å². The van der Waals surface area contributed by atoms with Gasteiger partial charge in [0.15, 0.2) is 0 Å². The molecule has 0 aliphatic carbocycles. The van der Waals surface area contributed by atoms with E-state index < -0.39 is 0 Å². The van der Waals surface area contributed by atoms with Crippen molar-refractivity contribution in [3.63, 3.8) is 0 Å². The van der Waals surface area contributed by atoms with E-state index in [0.29, 0.717) is 13.1 Å². The highest BCUT2D eigenvalue weighted by Gasteiger charge is 1.98. The fourth-order valence-electron chi connectivity index (χ4n) is 2.01. The van der Waals surface area contributed by atoms with Crippen LogP contribution in [0.15, 0.2) is 48.8 Å². The lowest BCUT2D eigenvalue weighted by Crippen LogP contribution is -2.36. The Balaban J connectivity index is 1.55. The summed E-state index contributed by atoms with van der Waals surface area (Å²) in [5, 5.41) is 9.83. The molecule has 1 heterocycles. The largest absolute Gasteiger partial charge is 0.338 e. The van der Waals surface area contributed by atoms with Gasteiger partial charge in [0.05, 0.1) is 6.20 Å². The Kier molecular flexibility index (Phi) is 6.23. The first kappa shape index (κ1) is 15.8. The maximum absolute atomic E-state index is 11.6. The van der Waals surface area contributed by atoms with Crippen molar-refractivity contribution in [3.8, 4) is 0 Å². The maximum Gasteiger partial charge on any atom is 0.315 e. The Morgan fingerprint density at radius 1 is 1.27 bits per heavy atom. The van der Waals surface area contributed by atoms with Crippen molar-refractivity contribution in [2.24, 2.45) is 0 Å². The van der Waals surface area contributed by atoms with Crippen LogP contribution in [0, 0.1) is 6.92 Å². The Morgan fingerprint density at radius 2 is 2.09 bits per heavy atom. The molecule has 0 unspecified atom stereocenters. The average Bonchev–Trinajstić information content (AvgIpc) is 2.95. The van der Waals surface area contributed by atoms with Gasteiger partial charge in [-0.15, -0.1) is 0 Å². The molecule has 0 spiro atoms. The smallest absolute Gasteiger partial charge is 0.315 e. The summed E-state index contributed by atoms with van der Waals surface area (Å²) < 4.78 is 1.89. The van der Waals surface area contributed by atoms with E-state index in [0.717, 1.165) is 24.1 Å². The number of rotatable bonds is 7. The van der Waals surface area contributed by atoms with Crippen LogP contribution < -0.4 is 10.6 Å². The van der Waals surface area contributed by atoms with Crippen molar-refractivity contribution in [3.05, 3.63) is 59.9 Å². The van der Waals surface area contributed by atoms with Crippen LogP contribution in [0.4, 0.5) is 4.79 Å². The zero-order valence-electron chi connectivity index (χ0n) is 12.8. The third-order valence-corrected chi connectivity index (χ3v) is 3.10. The summed E-state index contributed by atoms with van der Waals surface area (Å²) in [6.45, 7) is 3.96. The second kappa shape index (κ2) is 8.67. The van der Waals surface area contributed by atoms with Gasteiger partial charge in [-0.2, -0.15) is 5.10 Å². The summed E-state index contributed by atoms with van der Waals surface area (Å²) in [6.07, 6.45) is 8.60. The monoisotopic (exact) mass is 298 g/mol. The molecule has 0 aliphatic rings. The first-order chi connectivity index (χ1) is 10.7. The zero-order chi connectivity index (χ0) is 15.6. The van der Waals surface area contributed by atoms with Crippen molar-refractivity contribution >= 4 is 12.1 Å². The Hall–Kier alpha value is -2.56. The van der Waals surface area contributed by atoms with E-state index >= 15 is 0 Å². The fourth-order valence-corrected chi connectivity index (χ4v) is 2.01. The highest BCUT2D eigenvalue weighted by Crippen LogP contribution is 1.99. The lowest BCUT2D eigenvalue weighted by molar-refractivity contribution is 0.241. The molecule has 5 nitrogen and oxygen atoms in total. The van der Waals surface area contributed by atoms with Gasteiger partial charge in [-0.1, -0.05) is 42.5 Å². The lowest BCUT2D eigenvalue weighted by atomic mass is 10.2. The minimum atomic E-state index is -0.144. The third kappa shape index (κ3) is 5.83. The predicted molar refractivity (Wildman–Crippen MR) is 88.5 cm³/mol. The summed E-state index contributed by atoms with van der Waals surface area (Å²) in [5.74, 6) is 0. The van der Waals surface area contributed by atoms with E-state index in [1.165, 1.54) is 0 Å². The van der Waals surface area contributed by atoms with Crippen molar-refractivity contribution in [1.29, 1.82) is 0 Å². The number of benzene rings is 1. The summed E-state index contributed by atoms with van der Waals surface area (Å²) >= 11 is 0. The number of carbonyl (C=O) groups is 1. The molecule has 1 aromatic carbocycles. The van der Waals surface area contributed by atoms with Gasteiger partial charge in [0.1, 0.15) is 0 Å². The van der Waals surface area contributed by atoms with Crippen LogP contribution in [0.1, 0.15) is 17.5 Å². The molecule has 0 saturated heterocycles. The summed E-state index contributed by atoms with van der Waals surface area (Å²) in [5.41, 5.74) is 2.27. The van der Waals surface area contributed by atoms with E-state index in [-0.39, 0.29) is 6.03 Å². The normalized spacial score (nSPS) is 10.8. The van der Waals surface area contributed by atoms with Crippen LogP contribution in [-0.4, -0.2) is 28.9 Å². The van der Waals surface area contributed by atoms with Gasteiger partial charge < -0.3 is 10.6 Å². The number of urea groups is 1. The van der Waals surface area contributed by atoms with E-state index in [1.54, 1.807) is 0 Å². The third-order valence-electron chi connectivity index (χ3n) is 3.10. The van der Waals surface area contributed by atoms with Crippen LogP contribution in [0.2, 0.25) is 0 Å². The Bertz CT molecular complexity index is 604. The molecule has 116 valence electrons. The van der Waals surface area contributed by atoms with Crippen LogP contribution in [0.25, 0.3) is 6.08 Å². The standard InChI is InChI=1S/C17H22N4O/c1-15-13-20-21(14-15)12-6-11-19-17(22)18-10-5-9-16-7-3-2-4-8-16/h2-5,7-9,13-14H,6,10-12H2,1H3,(H2,18,19,22). The van der Waals surface area contributed by atoms with Crippen LogP contribution in [0.5, 0.6) is 0 Å². The first-order valence-electron chi connectivity index (χ1n) is 7.46. The average molecular weight is 298 g/mol. The van der Waals surface area contributed by atoms with Crippen molar-refractivity contribution in [2.75, 3.05) is 13.1 Å². The molecule has 2 aromatic rings. The molecule has 2 amide bonds. The first-order valence-corrected chi connectivity index (χ1v) is 7.46. The number of nitrogens with one attached hydrogen (secondary N) is 2. The number of amides is 2. The summed E-state index contributed by atoms with van der Waals surface area (Å²) in [7, 11) is 0. The summed E-state index contributed by atoms with van der Waals surface area (Å²) in [4.78, 5) is 11.6. The van der Waals surface area contributed by atoms with Gasteiger partial charge in [-0.25, -0.2) is 4.79 Å². The molecule has 2 rings (SSSR count). The predicted octanol–water partition coefficient (Wildman–Crippen LogP) is 2.59. The number of nitrogens with zero attached hydrogens (tertiary/aromatic N) is 2. The number of carbonyl (C=O) groups excluding carboxylic acids is 1. The SMILES string of the molecule is Cc1cnn(CCCNC(=O)NCC=Cc2ccccc2)c1. The molecule has 0 bridgehead atoms. The quantitative estimate of drug-likeness (QED) is 0.772. The molecule has 1 aromatic heterocycles. The minimum absolute atomic E-state index is 0.144. The Morgan fingerprint density at radius 3 is 2.82 bits per heavy atom. The second-order valence-electron chi connectivity index (χ2n) is 5.08. The molecule has 2 N–H and O–H groups in total. The maximum atomic E-state index is 11.6. The molecule has 0 atom stereocenters. The Labute approximate surface area is 131 Å². The zero-order valence-corrected chi connectivity index (χ0v) is 12.8. The number of hydrogen-bond acceptors (Lipinski definition) is 2. The highest BCUT2D eigenvalue weighted by molar-refractivity contribution is 5.74. The van der Waals surface area contributed by atoms with Crippen molar-refractivity contribution < 1.29 is 4.79 Å². The van der Waals surface area contributed by atoms with Crippen LogP contribution in [-0.2, 0) is 6.54 Å². The van der Waals surface area contributed by atoms with Gasteiger partial charge in [-0.05, 0) is 24.5 Å². The summed E-state index contributed by atoms with van der Waals surface area (Å²) in [6, 6.07) is 9.85.